The second kappa shape index (κ2) is 10.8. The first-order valence-corrected chi connectivity index (χ1v) is 12.5. The van der Waals surface area contributed by atoms with Gasteiger partial charge in [-0.2, -0.15) is 0 Å². The van der Waals surface area contributed by atoms with Gasteiger partial charge in [-0.3, -0.25) is 0 Å². The molecule has 1 aliphatic carbocycles. The third kappa shape index (κ3) is 7.61. The van der Waals surface area contributed by atoms with Crippen LogP contribution >= 0.6 is 0 Å². The Morgan fingerprint density at radius 2 is 1.74 bits per heavy atom. The number of hydrogen-bond donors (Lipinski definition) is 1. The Balaban J connectivity index is 1.60. The molecule has 0 bridgehead atoms. The quantitative estimate of drug-likeness (QED) is 0.434. The van der Waals surface area contributed by atoms with Crippen LogP contribution in [0.5, 0.6) is 5.75 Å². The topological polar surface area (TPSA) is 92.3 Å². The van der Waals surface area contributed by atoms with E-state index in [1.807, 2.05) is 52.0 Å². The Kier molecular flexibility index (Phi) is 8.42. The minimum absolute atomic E-state index is 0.0945. The number of rotatable bonds is 8. The van der Waals surface area contributed by atoms with Crippen molar-refractivity contribution in [2.24, 2.45) is 0 Å². The van der Waals surface area contributed by atoms with Gasteiger partial charge in [0.1, 0.15) is 23.5 Å². The zero-order valence-electron chi connectivity index (χ0n) is 22.1. The van der Waals surface area contributed by atoms with Crippen molar-refractivity contribution in [3.63, 3.8) is 0 Å². The number of benzene rings is 1. The molecule has 194 valence electrons. The summed E-state index contributed by atoms with van der Waals surface area (Å²) in [4.78, 5) is 25.1. The van der Waals surface area contributed by atoms with Crippen molar-refractivity contribution >= 4 is 24.6 Å². The van der Waals surface area contributed by atoms with Crippen LogP contribution in [0.3, 0.4) is 0 Å². The molecule has 35 heavy (non-hydrogen) atoms. The minimum atomic E-state index is -0.864. The fourth-order valence-corrected chi connectivity index (χ4v) is 3.98. The summed E-state index contributed by atoms with van der Waals surface area (Å²) in [5, 5.41) is 2.65. The first-order valence-electron chi connectivity index (χ1n) is 12.5. The fraction of sp³-hybridized carbons (Fsp3) is 0.692. The van der Waals surface area contributed by atoms with Crippen LogP contribution in [0, 0.1) is 0 Å². The molecule has 1 saturated heterocycles. The van der Waals surface area contributed by atoms with Gasteiger partial charge in [-0.25, -0.2) is 9.59 Å². The SMILES string of the molecule is CC(C)(C)OC(=O)N[C@@H](CCOc1cccc(B2OC(C)(C)C(C)(C)O2)c1)C(=O)OC1CCCC1. The van der Waals surface area contributed by atoms with Crippen molar-refractivity contribution in [1.82, 2.24) is 5.32 Å². The average molecular weight is 489 g/mol. The zero-order chi connectivity index (χ0) is 25.9. The van der Waals surface area contributed by atoms with Crippen LogP contribution in [0.2, 0.25) is 0 Å². The Morgan fingerprint density at radius 1 is 1.11 bits per heavy atom. The van der Waals surface area contributed by atoms with Crippen LogP contribution in [0.25, 0.3) is 0 Å². The van der Waals surface area contributed by atoms with Crippen molar-refractivity contribution < 1.29 is 33.1 Å². The highest BCUT2D eigenvalue weighted by atomic mass is 16.7. The standard InChI is InChI=1S/C26H40BNO7/c1-24(2,3)33-23(30)28-21(22(29)32-19-12-8-9-13-19)15-16-31-20-14-10-11-18(17-20)27-34-25(4,5)26(6,7)35-27/h10-11,14,17,19,21H,8-9,12-13,15-16H2,1-7H3,(H,28,30)/t21-/m0/s1. The number of esters is 1. The Morgan fingerprint density at radius 3 is 2.34 bits per heavy atom. The first-order chi connectivity index (χ1) is 16.3. The fourth-order valence-electron chi connectivity index (χ4n) is 3.98. The average Bonchev–Trinajstić information content (AvgIpc) is 3.31. The van der Waals surface area contributed by atoms with Crippen LogP contribution in [-0.4, -0.2) is 54.7 Å². The van der Waals surface area contributed by atoms with Crippen LogP contribution in [0.15, 0.2) is 24.3 Å². The molecular formula is C26H40BNO7. The van der Waals surface area contributed by atoms with E-state index in [0.29, 0.717) is 5.75 Å². The van der Waals surface area contributed by atoms with Crippen LogP contribution < -0.4 is 15.5 Å². The molecule has 1 atom stereocenters. The second-order valence-corrected chi connectivity index (χ2v) is 11.3. The number of hydrogen-bond acceptors (Lipinski definition) is 7. The molecule has 1 aromatic rings. The summed E-state index contributed by atoms with van der Waals surface area (Å²) in [5.74, 6) is 0.162. The van der Waals surface area contributed by atoms with Gasteiger partial charge in [0.15, 0.2) is 0 Å². The van der Waals surface area contributed by atoms with Crippen LogP contribution in [0.1, 0.15) is 80.6 Å². The van der Waals surface area contributed by atoms with E-state index in [0.717, 1.165) is 31.1 Å². The second-order valence-electron chi connectivity index (χ2n) is 11.3. The molecule has 2 aliphatic rings. The van der Waals surface area contributed by atoms with Crippen LogP contribution in [-0.2, 0) is 23.6 Å². The maximum Gasteiger partial charge on any atom is 0.494 e. The van der Waals surface area contributed by atoms with Gasteiger partial charge in [0.05, 0.1) is 17.8 Å². The van der Waals surface area contributed by atoms with E-state index in [2.05, 4.69) is 5.32 Å². The molecule has 0 aromatic heterocycles. The van der Waals surface area contributed by atoms with E-state index in [1.165, 1.54) is 0 Å². The highest BCUT2D eigenvalue weighted by Crippen LogP contribution is 2.36. The van der Waals surface area contributed by atoms with E-state index in [1.54, 1.807) is 20.8 Å². The summed E-state index contributed by atoms with van der Waals surface area (Å²) >= 11 is 0. The zero-order valence-corrected chi connectivity index (χ0v) is 22.1. The van der Waals surface area contributed by atoms with Gasteiger partial charge in [-0.1, -0.05) is 12.1 Å². The normalized spacial score (nSPS) is 20.4. The molecule has 3 rings (SSSR count). The minimum Gasteiger partial charge on any atom is -0.494 e. The summed E-state index contributed by atoms with van der Waals surface area (Å²) in [6.07, 6.45) is 3.29. The van der Waals surface area contributed by atoms with Crippen LogP contribution in [0.4, 0.5) is 4.79 Å². The van der Waals surface area contributed by atoms with Crippen molar-refractivity contribution in [1.29, 1.82) is 0 Å². The smallest absolute Gasteiger partial charge is 0.494 e. The van der Waals surface area contributed by atoms with Gasteiger partial charge in [0.25, 0.3) is 0 Å². The molecule has 0 spiro atoms. The molecule has 1 amide bonds. The lowest BCUT2D eigenvalue weighted by Gasteiger charge is -2.32. The number of nitrogens with one attached hydrogen (secondary N) is 1. The summed E-state index contributed by atoms with van der Waals surface area (Å²) < 4.78 is 29.2. The molecule has 1 N–H and O–H groups in total. The molecule has 1 aromatic carbocycles. The lowest BCUT2D eigenvalue weighted by Crippen LogP contribution is -2.45. The molecule has 8 nitrogen and oxygen atoms in total. The van der Waals surface area contributed by atoms with E-state index in [9.17, 15) is 9.59 Å². The Bertz CT molecular complexity index is 874. The predicted molar refractivity (Wildman–Crippen MR) is 134 cm³/mol. The Labute approximate surface area is 209 Å². The van der Waals surface area contributed by atoms with Crippen molar-refractivity contribution in [2.45, 2.75) is 110 Å². The predicted octanol–water partition coefficient (Wildman–Crippen LogP) is 4.13. The van der Waals surface area contributed by atoms with E-state index in [-0.39, 0.29) is 19.1 Å². The maximum atomic E-state index is 12.8. The molecule has 1 heterocycles. The van der Waals surface area contributed by atoms with Gasteiger partial charge >= 0.3 is 19.2 Å². The molecule has 0 unspecified atom stereocenters. The molecular weight excluding hydrogens is 449 g/mol. The third-order valence-electron chi connectivity index (χ3n) is 6.62. The number of carbonyl (C=O) groups is 2. The lowest BCUT2D eigenvalue weighted by molar-refractivity contribution is -0.151. The molecule has 1 aliphatic heterocycles. The number of ether oxygens (including phenoxy) is 3. The van der Waals surface area contributed by atoms with Crippen molar-refractivity contribution in [3.05, 3.63) is 24.3 Å². The van der Waals surface area contributed by atoms with E-state index < -0.39 is 42.0 Å². The number of alkyl carbamates (subject to hydrolysis) is 1. The van der Waals surface area contributed by atoms with E-state index >= 15 is 0 Å². The Hall–Kier alpha value is -2.26. The van der Waals surface area contributed by atoms with Gasteiger partial charge in [0.2, 0.25) is 0 Å². The summed E-state index contributed by atoms with van der Waals surface area (Å²) in [6.45, 7) is 13.6. The maximum absolute atomic E-state index is 12.8. The van der Waals surface area contributed by atoms with Crippen molar-refractivity contribution in [3.8, 4) is 5.75 Å². The molecule has 1 saturated carbocycles. The summed E-state index contributed by atoms with van der Waals surface area (Å²) in [6, 6.07) is 6.65. The van der Waals surface area contributed by atoms with E-state index in [4.69, 9.17) is 23.5 Å². The molecule has 2 fully saturated rings. The first kappa shape index (κ1) is 27.3. The highest BCUT2D eigenvalue weighted by Gasteiger charge is 2.51. The van der Waals surface area contributed by atoms with Gasteiger partial charge in [0, 0.05) is 6.42 Å². The summed E-state index contributed by atoms with van der Waals surface area (Å²) in [5.41, 5.74) is -0.692. The summed E-state index contributed by atoms with van der Waals surface area (Å²) in [7, 11) is -0.494. The number of carbonyl (C=O) groups excluding carboxylic acids is 2. The largest absolute Gasteiger partial charge is 0.494 e. The van der Waals surface area contributed by atoms with Crippen molar-refractivity contribution in [2.75, 3.05) is 6.61 Å². The monoisotopic (exact) mass is 489 g/mol. The highest BCUT2D eigenvalue weighted by molar-refractivity contribution is 6.62. The molecule has 9 heteroatoms. The third-order valence-corrected chi connectivity index (χ3v) is 6.62. The van der Waals surface area contributed by atoms with Gasteiger partial charge in [-0.05, 0) is 91.7 Å². The molecule has 0 radical (unpaired) electrons. The number of amides is 1. The van der Waals surface area contributed by atoms with Gasteiger partial charge in [-0.15, -0.1) is 0 Å². The lowest BCUT2D eigenvalue weighted by atomic mass is 9.79. The van der Waals surface area contributed by atoms with Gasteiger partial charge < -0.3 is 28.8 Å².